The largest absolute Gasteiger partial charge is 0.384 e. The first kappa shape index (κ1) is 14.2. The second-order valence-corrected chi connectivity index (χ2v) is 4.78. The topological polar surface area (TPSA) is 39.1 Å². The van der Waals surface area contributed by atoms with Crippen molar-refractivity contribution in [1.29, 1.82) is 0 Å². The molecule has 0 aromatic carbocycles. The van der Waals surface area contributed by atoms with E-state index in [9.17, 15) is 0 Å². The van der Waals surface area contributed by atoms with Crippen molar-refractivity contribution < 1.29 is 4.74 Å². The molecule has 1 aromatic rings. The standard InChI is InChI=1S/C13H25N3O/c1-5-14-13(6-11(2)10-17-4)7-12-8-15-16(3)9-12/h8-9,11,13-14H,5-7,10H2,1-4H3. The van der Waals surface area contributed by atoms with Crippen molar-refractivity contribution in [3.8, 4) is 0 Å². The second kappa shape index (κ2) is 7.45. The third-order valence-electron chi connectivity index (χ3n) is 2.87. The zero-order valence-corrected chi connectivity index (χ0v) is 11.4. The monoisotopic (exact) mass is 239 g/mol. The van der Waals surface area contributed by atoms with Gasteiger partial charge in [-0.05, 0) is 30.9 Å². The molecule has 0 saturated carbocycles. The number of rotatable bonds is 8. The van der Waals surface area contributed by atoms with E-state index in [2.05, 4.69) is 30.5 Å². The van der Waals surface area contributed by atoms with Crippen LogP contribution in [0.25, 0.3) is 0 Å². The zero-order chi connectivity index (χ0) is 12.7. The first-order valence-corrected chi connectivity index (χ1v) is 6.35. The summed E-state index contributed by atoms with van der Waals surface area (Å²) in [5, 5.41) is 7.75. The van der Waals surface area contributed by atoms with Gasteiger partial charge >= 0.3 is 0 Å². The minimum Gasteiger partial charge on any atom is -0.384 e. The Morgan fingerprint density at radius 3 is 2.82 bits per heavy atom. The molecular formula is C13H25N3O. The summed E-state index contributed by atoms with van der Waals surface area (Å²) in [5.74, 6) is 0.584. The van der Waals surface area contributed by atoms with Gasteiger partial charge in [-0.15, -0.1) is 0 Å². The molecule has 1 rings (SSSR count). The lowest BCUT2D eigenvalue weighted by Gasteiger charge is -2.21. The average molecular weight is 239 g/mol. The van der Waals surface area contributed by atoms with E-state index in [-0.39, 0.29) is 0 Å². The summed E-state index contributed by atoms with van der Waals surface area (Å²) in [6, 6.07) is 0.509. The molecule has 1 N–H and O–H groups in total. The van der Waals surface area contributed by atoms with E-state index in [4.69, 9.17) is 4.74 Å². The molecule has 0 bridgehead atoms. The molecule has 0 saturated heterocycles. The third-order valence-corrected chi connectivity index (χ3v) is 2.87. The van der Waals surface area contributed by atoms with Gasteiger partial charge in [0, 0.05) is 33.0 Å². The van der Waals surface area contributed by atoms with Crippen LogP contribution in [0.4, 0.5) is 0 Å². The molecule has 98 valence electrons. The fourth-order valence-corrected chi connectivity index (χ4v) is 2.23. The summed E-state index contributed by atoms with van der Waals surface area (Å²) in [6.45, 7) is 6.22. The van der Waals surface area contributed by atoms with Crippen LogP contribution < -0.4 is 5.32 Å². The van der Waals surface area contributed by atoms with E-state index in [1.807, 2.05) is 17.9 Å². The molecule has 4 nitrogen and oxygen atoms in total. The third kappa shape index (κ3) is 5.33. The second-order valence-electron chi connectivity index (χ2n) is 4.78. The molecule has 17 heavy (non-hydrogen) atoms. The van der Waals surface area contributed by atoms with E-state index in [0.717, 1.165) is 26.0 Å². The number of aryl methyl sites for hydroxylation is 1. The fraction of sp³-hybridized carbons (Fsp3) is 0.769. The summed E-state index contributed by atoms with van der Waals surface area (Å²) in [4.78, 5) is 0. The number of nitrogens with zero attached hydrogens (tertiary/aromatic N) is 2. The first-order valence-electron chi connectivity index (χ1n) is 6.35. The summed E-state index contributed by atoms with van der Waals surface area (Å²) in [6.07, 6.45) is 6.21. The Kier molecular flexibility index (Phi) is 6.22. The van der Waals surface area contributed by atoms with Crippen LogP contribution in [-0.4, -0.2) is 36.1 Å². The van der Waals surface area contributed by atoms with Crippen molar-refractivity contribution in [2.24, 2.45) is 13.0 Å². The maximum atomic E-state index is 5.19. The molecule has 0 radical (unpaired) electrons. The highest BCUT2D eigenvalue weighted by atomic mass is 16.5. The Morgan fingerprint density at radius 1 is 1.53 bits per heavy atom. The number of hydrogen-bond acceptors (Lipinski definition) is 3. The number of hydrogen-bond donors (Lipinski definition) is 1. The molecule has 2 unspecified atom stereocenters. The van der Waals surface area contributed by atoms with Crippen molar-refractivity contribution in [3.63, 3.8) is 0 Å². The Bertz CT molecular complexity index is 311. The van der Waals surface area contributed by atoms with Crippen molar-refractivity contribution >= 4 is 0 Å². The van der Waals surface area contributed by atoms with Gasteiger partial charge in [0.2, 0.25) is 0 Å². The lowest BCUT2D eigenvalue weighted by molar-refractivity contribution is 0.149. The van der Waals surface area contributed by atoms with Gasteiger partial charge in [-0.1, -0.05) is 13.8 Å². The maximum Gasteiger partial charge on any atom is 0.0522 e. The van der Waals surface area contributed by atoms with Gasteiger partial charge in [0.1, 0.15) is 0 Å². The predicted octanol–water partition coefficient (Wildman–Crippen LogP) is 1.61. The Balaban J connectivity index is 2.47. The number of methoxy groups -OCH3 is 1. The molecule has 4 heteroatoms. The minimum atomic E-state index is 0.509. The van der Waals surface area contributed by atoms with Crippen LogP contribution in [0.1, 0.15) is 25.8 Å². The van der Waals surface area contributed by atoms with Crippen molar-refractivity contribution in [2.75, 3.05) is 20.3 Å². The van der Waals surface area contributed by atoms with Crippen LogP contribution in [0.3, 0.4) is 0 Å². The van der Waals surface area contributed by atoms with Crippen molar-refractivity contribution in [1.82, 2.24) is 15.1 Å². The van der Waals surface area contributed by atoms with Gasteiger partial charge in [0.25, 0.3) is 0 Å². The Morgan fingerprint density at radius 2 is 2.29 bits per heavy atom. The van der Waals surface area contributed by atoms with E-state index < -0.39 is 0 Å². The van der Waals surface area contributed by atoms with Gasteiger partial charge in [-0.3, -0.25) is 4.68 Å². The van der Waals surface area contributed by atoms with E-state index >= 15 is 0 Å². The van der Waals surface area contributed by atoms with Crippen molar-refractivity contribution in [2.45, 2.75) is 32.7 Å². The minimum absolute atomic E-state index is 0.509. The molecule has 0 aliphatic carbocycles. The smallest absolute Gasteiger partial charge is 0.0522 e. The number of aromatic nitrogens is 2. The summed E-state index contributed by atoms with van der Waals surface area (Å²) >= 11 is 0. The molecule has 2 atom stereocenters. The summed E-state index contributed by atoms with van der Waals surface area (Å²) in [5.41, 5.74) is 1.29. The number of nitrogens with one attached hydrogen (secondary N) is 1. The van der Waals surface area contributed by atoms with Crippen LogP contribution in [0.15, 0.2) is 12.4 Å². The van der Waals surface area contributed by atoms with Gasteiger partial charge in [-0.2, -0.15) is 5.10 Å². The molecule has 0 aliphatic rings. The van der Waals surface area contributed by atoms with Gasteiger partial charge in [0.15, 0.2) is 0 Å². The molecule has 0 spiro atoms. The molecule has 1 heterocycles. The highest BCUT2D eigenvalue weighted by molar-refractivity contribution is 5.06. The zero-order valence-electron chi connectivity index (χ0n) is 11.4. The first-order chi connectivity index (χ1) is 8.15. The molecule has 0 aliphatic heterocycles. The fourth-order valence-electron chi connectivity index (χ4n) is 2.23. The molecule has 1 aromatic heterocycles. The van der Waals surface area contributed by atoms with Crippen LogP contribution in [0, 0.1) is 5.92 Å². The highest BCUT2D eigenvalue weighted by Crippen LogP contribution is 2.11. The molecular weight excluding hydrogens is 214 g/mol. The van der Waals surface area contributed by atoms with E-state index in [0.29, 0.717) is 12.0 Å². The number of likely N-dealkylation sites (N-methyl/N-ethyl adjacent to an activating group) is 1. The summed E-state index contributed by atoms with van der Waals surface area (Å²) < 4.78 is 7.05. The van der Waals surface area contributed by atoms with Crippen molar-refractivity contribution in [3.05, 3.63) is 18.0 Å². The maximum absolute atomic E-state index is 5.19. The molecule has 0 amide bonds. The van der Waals surface area contributed by atoms with Crippen LogP contribution in [-0.2, 0) is 18.2 Å². The number of ether oxygens (including phenoxy) is 1. The summed E-state index contributed by atoms with van der Waals surface area (Å²) in [7, 11) is 3.72. The van der Waals surface area contributed by atoms with E-state index in [1.165, 1.54) is 5.56 Å². The lowest BCUT2D eigenvalue weighted by atomic mass is 9.98. The van der Waals surface area contributed by atoms with Crippen LogP contribution in [0.5, 0.6) is 0 Å². The Hall–Kier alpha value is -0.870. The Labute approximate surface area is 104 Å². The molecule has 0 fully saturated rings. The SMILES string of the molecule is CCNC(Cc1cnn(C)c1)CC(C)COC. The van der Waals surface area contributed by atoms with Crippen LogP contribution in [0.2, 0.25) is 0 Å². The predicted molar refractivity (Wildman–Crippen MR) is 70.0 cm³/mol. The lowest BCUT2D eigenvalue weighted by Crippen LogP contribution is -2.33. The van der Waals surface area contributed by atoms with Gasteiger partial charge in [-0.25, -0.2) is 0 Å². The van der Waals surface area contributed by atoms with Gasteiger partial charge < -0.3 is 10.1 Å². The normalized spacial score (nSPS) is 14.8. The van der Waals surface area contributed by atoms with E-state index in [1.54, 1.807) is 7.11 Å². The van der Waals surface area contributed by atoms with Gasteiger partial charge in [0.05, 0.1) is 6.20 Å². The average Bonchev–Trinajstić information content (AvgIpc) is 2.64. The van der Waals surface area contributed by atoms with Crippen LogP contribution >= 0.6 is 0 Å². The quantitative estimate of drug-likeness (QED) is 0.749. The highest BCUT2D eigenvalue weighted by Gasteiger charge is 2.13.